The maximum atomic E-state index is 12.0. The molecule has 0 saturated heterocycles. The van der Waals surface area contributed by atoms with Crippen LogP contribution in [0.25, 0.3) is 0 Å². The molecule has 2 atom stereocenters. The largest absolute Gasteiger partial charge is 0.481 e. The average Bonchev–Trinajstić information content (AvgIpc) is 2.46. The lowest BCUT2D eigenvalue weighted by Crippen LogP contribution is -2.32. The third-order valence-corrected chi connectivity index (χ3v) is 3.25. The first kappa shape index (κ1) is 16.6. The predicted molar refractivity (Wildman–Crippen MR) is 74.2 cm³/mol. The Labute approximate surface area is 123 Å². The molecule has 112 valence electrons. The van der Waals surface area contributed by atoms with Crippen LogP contribution in [0.1, 0.15) is 38.7 Å². The molecular formula is C15H18N2O4. The second-order valence-electron chi connectivity index (χ2n) is 4.89. The normalized spacial score (nSPS) is 14.5. The molecule has 1 rings (SSSR count). The highest BCUT2D eigenvalue weighted by Gasteiger charge is 2.38. The summed E-state index contributed by atoms with van der Waals surface area (Å²) < 4.78 is 5.16. The van der Waals surface area contributed by atoms with Crippen molar-refractivity contribution in [1.29, 1.82) is 5.26 Å². The van der Waals surface area contributed by atoms with Gasteiger partial charge in [0.15, 0.2) is 0 Å². The Morgan fingerprint density at radius 2 is 2.05 bits per heavy atom. The number of hydrogen-bond acceptors (Lipinski definition) is 5. The summed E-state index contributed by atoms with van der Waals surface area (Å²) >= 11 is 0. The number of ether oxygens (including phenoxy) is 1. The second-order valence-corrected chi connectivity index (χ2v) is 4.89. The summed E-state index contributed by atoms with van der Waals surface area (Å²) in [5, 5.41) is 18.5. The molecule has 0 aliphatic carbocycles. The van der Waals surface area contributed by atoms with Crippen molar-refractivity contribution >= 4 is 11.9 Å². The third-order valence-electron chi connectivity index (χ3n) is 3.25. The minimum Gasteiger partial charge on any atom is -0.481 e. The van der Waals surface area contributed by atoms with Crippen LogP contribution in [0.4, 0.5) is 0 Å². The molecule has 6 heteroatoms. The Morgan fingerprint density at radius 1 is 1.43 bits per heavy atom. The third kappa shape index (κ3) is 4.56. The van der Waals surface area contributed by atoms with Gasteiger partial charge in [0.25, 0.3) is 0 Å². The van der Waals surface area contributed by atoms with E-state index < -0.39 is 23.8 Å². The minimum atomic E-state index is -1.45. The van der Waals surface area contributed by atoms with Gasteiger partial charge in [0, 0.05) is 12.4 Å². The maximum Gasteiger partial charge on any atom is 0.308 e. The van der Waals surface area contributed by atoms with Gasteiger partial charge in [-0.1, -0.05) is 6.92 Å². The van der Waals surface area contributed by atoms with E-state index in [9.17, 15) is 14.9 Å². The van der Waals surface area contributed by atoms with Crippen molar-refractivity contribution in [3.05, 3.63) is 30.1 Å². The number of nitrogens with zero attached hydrogens (tertiary/aromatic N) is 2. The Hall–Kier alpha value is -2.42. The SMILES string of the molecule is CCC(C)OC(=O)CC(C#N)(CC(=O)O)c1ccncc1. The maximum absolute atomic E-state index is 12.0. The van der Waals surface area contributed by atoms with Gasteiger partial charge in [0.1, 0.15) is 5.41 Å². The van der Waals surface area contributed by atoms with Crippen molar-refractivity contribution in [2.24, 2.45) is 0 Å². The number of rotatable bonds is 7. The zero-order chi connectivity index (χ0) is 15.9. The molecule has 1 aromatic heterocycles. The van der Waals surface area contributed by atoms with Crippen molar-refractivity contribution in [1.82, 2.24) is 4.98 Å². The van der Waals surface area contributed by atoms with E-state index in [1.165, 1.54) is 12.4 Å². The van der Waals surface area contributed by atoms with Crippen LogP contribution >= 0.6 is 0 Å². The van der Waals surface area contributed by atoms with Crippen LogP contribution in [0, 0.1) is 11.3 Å². The van der Waals surface area contributed by atoms with Crippen LogP contribution in [0.5, 0.6) is 0 Å². The minimum absolute atomic E-state index is 0.267. The highest BCUT2D eigenvalue weighted by Crippen LogP contribution is 2.31. The summed E-state index contributed by atoms with van der Waals surface area (Å²) in [5.41, 5.74) is -0.997. The van der Waals surface area contributed by atoms with E-state index in [0.717, 1.165) is 0 Å². The summed E-state index contributed by atoms with van der Waals surface area (Å²) in [6, 6.07) is 5.06. The molecule has 0 aliphatic heterocycles. The van der Waals surface area contributed by atoms with E-state index in [2.05, 4.69) is 4.98 Å². The molecule has 6 nitrogen and oxygen atoms in total. The molecule has 1 heterocycles. The Balaban J connectivity index is 3.06. The molecule has 1 N–H and O–H groups in total. The molecule has 0 saturated carbocycles. The first-order valence-electron chi connectivity index (χ1n) is 6.66. The van der Waals surface area contributed by atoms with Gasteiger partial charge in [-0.15, -0.1) is 0 Å². The van der Waals surface area contributed by atoms with E-state index in [4.69, 9.17) is 9.84 Å². The molecule has 21 heavy (non-hydrogen) atoms. The summed E-state index contributed by atoms with van der Waals surface area (Å²) in [6.07, 6.45) is 2.54. The lowest BCUT2D eigenvalue weighted by molar-refractivity contribution is -0.149. The lowest BCUT2D eigenvalue weighted by Gasteiger charge is -2.25. The zero-order valence-corrected chi connectivity index (χ0v) is 12.1. The summed E-state index contributed by atoms with van der Waals surface area (Å²) in [7, 11) is 0. The number of nitriles is 1. The lowest BCUT2D eigenvalue weighted by atomic mass is 9.76. The van der Waals surface area contributed by atoms with E-state index in [-0.39, 0.29) is 12.5 Å². The van der Waals surface area contributed by atoms with Gasteiger partial charge < -0.3 is 9.84 Å². The molecule has 0 radical (unpaired) electrons. The molecular weight excluding hydrogens is 272 g/mol. The van der Waals surface area contributed by atoms with Crippen LogP contribution in [0.2, 0.25) is 0 Å². The van der Waals surface area contributed by atoms with Crippen molar-refractivity contribution in [3.63, 3.8) is 0 Å². The van der Waals surface area contributed by atoms with Gasteiger partial charge >= 0.3 is 11.9 Å². The quantitative estimate of drug-likeness (QED) is 0.771. The number of esters is 1. The van der Waals surface area contributed by atoms with Crippen molar-refractivity contribution < 1.29 is 19.4 Å². The fourth-order valence-corrected chi connectivity index (χ4v) is 1.94. The van der Waals surface area contributed by atoms with Crippen molar-refractivity contribution in [2.75, 3.05) is 0 Å². The molecule has 0 aromatic carbocycles. The van der Waals surface area contributed by atoms with Crippen molar-refractivity contribution in [2.45, 2.75) is 44.6 Å². The van der Waals surface area contributed by atoms with Gasteiger partial charge in [-0.25, -0.2) is 0 Å². The Morgan fingerprint density at radius 3 is 2.52 bits per heavy atom. The molecule has 0 amide bonds. The molecule has 0 bridgehead atoms. The number of carboxylic acid groups (broad SMARTS) is 1. The molecule has 0 fully saturated rings. The fourth-order valence-electron chi connectivity index (χ4n) is 1.94. The van der Waals surface area contributed by atoms with Crippen LogP contribution in [-0.4, -0.2) is 28.1 Å². The van der Waals surface area contributed by atoms with Gasteiger partial charge in [0.05, 0.1) is 25.0 Å². The zero-order valence-electron chi connectivity index (χ0n) is 12.1. The number of carboxylic acids is 1. The van der Waals surface area contributed by atoms with E-state index in [1.54, 1.807) is 19.1 Å². The molecule has 2 unspecified atom stereocenters. The van der Waals surface area contributed by atoms with Gasteiger partial charge in [0.2, 0.25) is 0 Å². The van der Waals surface area contributed by atoms with E-state index in [1.807, 2.05) is 13.0 Å². The number of aromatic nitrogens is 1. The Kier molecular flexibility index (Phi) is 5.85. The monoisotopic (exact) mass is 290 g/mol. The average molecular weight is 290 g/mol. The van der Waals surface area contributed by atoms with Crippen LogP contribution in [-0.2, 0) is 19.7 Å². The Bertz CT molecular complexity index is 538. The van der Waals surface area contributed by atoms with Gasteiger partial charge in [-0.2, -0.15) is 5.26 Å². The smallest absolute Gasteiger partial charge is 0.308 e. The highest BCUT2D eigenvalue weighted by atomic mass is 16.5. The summed E-state index contributed by atoms with van der Waals surface area (Å²) in [6.45, 7) is 3.62. The number of pyridine rings is 1. The van der Waals surface area contributed by atoms with Gasteiger partial charge in [-0.3, -0.25) is 14.6 Å². The standard InChI is InChI=1S/C15H18N2O4/c1-3-11(2)21-14(20)9-15(10-16,8-13(18)19)12-4-6-17-7-5-12/h4-7,11H,3,8-9H2,1-2H3,(H,18,19). The number of aliphatic carboxylic acids is 1. The summed E-state index contributed by atoms with van der Waals surface area (Å²) in [5.74, 6) is -1.73. The number of carbonyl (C=O) groups excluding carboxylic acids is 1. The highest BCUT2D eigenvalue weighted by molar-refractivity contribution is 5.76. The van der Waals surface area contributed by atoms with Gasteiger partial charge in [-0.05, 0) is 31.0 Å². The molecule has 0 aliphatic rings. The van der Waals surface area contributed by atoms with E-state index >= 15 is 0 Å². The van der Waals surface area contributed by atoms with Crippen LogP contribution in [0.15, 0.2) is 24.5 Å². The number of carbonyl (C=O) groups is 2. The first-order chi connectivity index (χ1) is 9.93. The molecule has 1 aromatic rings. The van der Waals surface area contributed by atoms with Crippen LogP contribution < -0.4 is 0 Å². The predicted octanol–water partition coefficient (Wildman–Crippen LogP) is 2.05. The van der Waals surface area contributed by atoms with Crippen LogP contribution in [0.3, 0.4) is 0 Å². The summed E-state index contributed by atoms with van der Waals surface area (Å²) in [4.78, 5) is 26.9. The number of hydrogen-bond donors (Lipinski definition) is 1. The van der Waals surface area contributed by atoms with E-state index in [0.29, 0.717) is 12.0 Å². The fraction of sp³-hybridized carbons (Fsp3) is 0.467. The second kappa shape index (κ2) is 7.39. The molecule has 0 spiro atoms. The topological polar surface area (TPSA) is 100 Å². The first-order valence-corrected chi connectivity index (χ1v) is 6.66. The van der Waals surface area contributed by atoms with Crippen molar-refractivity contribution in [3.8, 4) is 6.07 Å².